The maximum absolute atomic E-state index is 13.5. The molecule has 0 amide bonds. The van der Waals surface area contributed by atoms with Crippen LogP contribution in [0.3, 0.4) is 0 Å². The summed E-state index contributed by atoms with van der Waals surface area (Å²) in [6.45, 7) is 0. The molecule has 2 aromatic rings. The van der Waals surface area contributed by atoms with Crippen molar-refractivity contribution in [3.63, 3.8) is 0 Å². The van der Waals surface area contributed by atoms with E-state index in [0.29, 0.717) is 16.3 Å². The quantitative estimate of drug-likeness (QED) is 0.914. The molecule has 1 aromatic carbocycles. The summed E-state index contributed by atoms with van der Waals surface area (Å²) in [4.78, 5) is 0. The fourth-order valence-corrected chi connectivity index (χ4v) is 1.98. The SMILES string of the molecule is Cn1nccc1C(O)Cc1c(F)cccc1Cl. The maximum Gasteiger partial charge on any atom is 0.127 e. The molecule has 0 aliphatic heterocycles. The first-order valence-electron chi connectivity index (χ1n) is 5.18. The summed E-state index contributed by atoms with van der Waals surface area (Å²) in [6, 6.07) is 6.17. The van der Waals surface area contributed by atoms with Crippen molar-refractivity contribution in [3.05, 3.63) is 52.6 Å². The number of aromatic nitrogens is 2. The summed E-state index contributed by atoms with van der Waals surface area (Å²) in [5.74, 6) is -0.404. The van der Waals surface area contributed by atoms with Gasteiger partial charge in [0.15, 0.2) is 0 Å². The number of aliphatic hydroxyl groups is 1. The third kappa shape index (κ3) is 2.48. The van der Waals surface area contributed by atoms with E-state index in [1.807, 2.05) is 0 Å². The molecule has 0 aliphatic rings. The molecule has 0 saturated carbocycles. The van der Waals surface area contributed by atoms with Crippen LogP contribution in [-0.4, -0.2) is 14.9 Å². The molecule has 0 fully saturated rings. The molecule has 90 valence electrons. The van der Waals surface area contributed by atoms with Crippen molar-refractivity contribution < 1.29 is 9.50 Å². The van der Waals surface area contributed by atoms with Gasteiger partial charge in [-0.15, -0.1) is 0 Å². The molecule has 1 atom stereocenters. The van der Waals surface area contributed by atoms with Gasteiger partial charge in [0.05, 0.1) is 11.8 Å². The van der Waals surface area contributed by atoms with E-state index in [1.165, 1.54) is 12.1 Å². The summed E-state index contributed by atoms with van der Waals surface area (Å²) < 4.78 is 15.1. The van der Waals surface area contributed by atoms with E-state index in [2.05, 4.69) is 5.10 Å². The minimum atomic E-state index is -0.822. The molecule has 17 heavy (non-hydrogen) atoms. The van der Waals surface area contributed by atoms with Crippen LogP contribution in [0, 0.1) is 5.82 Å². The van der Waals surface area contributed by atoms with E-state index < -0.39 is 11.9 Å². The van der Waals surface area contributed by atoms with Crippen molar-refractivity contribution >= 4 is 11.6 Å². The molecule has 0 bridgehead atoms. The summed E-state index contributed by atoms with van der Waals surface area (Å²) >= 11 is 5.90. The zero-order valence-corrected chi connectivity index (χ0v) is 10.0. The Hall–Kier alpha value is -1.39. The first-order valence-corrected chi connectivity index (χ1v) is 5.56. The summed E-state index contributed by atoms with van der Waals surface area (Å²) in [7, 11) is 1.72. The van der Waals surface area contributed by atoms with E-state index in [0.717, 1.165) is 0 Å². The molecule has 1 heterocycles. The van der Waals surface area contributed by atoms with Gasteiger partial charge in [-0.3, -0.25) is 4.68 Å². The summed E-state index contributed by atoms with van der Waals surface area (Å²) in [6.07, 6.45) is 0.893. The molecule has 5 heteroatoms. The van der Waals surface area contributed by atoms with Crippen LogP contribution >= 0.6 is 11.6 Å². The van der Waals surface area contributed by atoms with Crippen LogP contribution in [0.1, 0.15) is 17.4 Å². The lowest BCUT2D eigenvalue weighted by atomic mass is 10.1. The van der Waals surface area contributed by atoms with Gasteiger partial charge >= 0.3 is 0 Å². The Morgan fingerprint density at radius 2 is 2.24 bits per heavy atom. The van der Waals surface area contributed by atoms with Gasteiger partial charge in [-0.05, 0) is 18.2 Å². The van der Waals surface area contributed by atoms with E-state index in [1.54, 1.807) is 30.1 Å². The molecular formula is C12H12ClFN2O. The lowest BCUT2D eigenvalue weighted by molar-refractivity contribution is 0.167. The van der Waals surface area contributed by atoms with Gasteiger partial charge in [0, 0.05) is 30.3 Å². The zero-order valence-electron chi connectivity index (χ0n) is 9.27. The minimum absolute atomic E-state index is 0.130. The average Bonchev–Trinajstić information content (AvgIpc) is 2.70. The maximum atomic E-state index is 13.5. The van der Waals surface area contributed by atoms with Gasteiger partial charge < -0.3 is 5.11 Å². The molecule has 0 saturated heterocycles. The summed E-state index contributed by atoms with van der Waals surface area (Å²) in [5, 5.41) is 14.3. The Balaban J connectivity index is 2.25. The fraction of sp³-hybridized carbons (Fsp3) is 0.250. The lowest BCUT2D eigenvalue weighted by Crippen LogP contribution is -2.09. The molecule has 0 radical (unpaired) electrons. The Morgan fingerprint density at radius 1 is 1.47 bits per heavy atom. The van der Waals surface area contributed by atoms with E-state index in [-0.39, 0.29) is 6.42 Å². The third-order valence-electron chi connectivity index (χ3n) is 2.66. The predicted octanol–water partition coefficient (Wildman–Crippen LogP) is 2.49. The molecule has 0 spiro atoms. The molecular weight excluding hydrogens is 243 g/mol. The number of halogens is 2. The van der Waals surface area contributed by atoms with Gasteiger partial charge in [-0.1, -0.05) is 17.7 Å². The Kier molecular flexibility index (Phi) is 3.45. The van der Waals surface area contributed by atoms with E-state index in [9.17, 15) is 9.50 Å². The lowest BCUT2D eigenvalue weighted by Gasteiger charge is -2.12. The monoisotopic (exact) mass is 254 g/mol. The van der Waals surface area contributed by atoms with Gasteiger partial charge in [-0.2, -0.15) is 5.10 Å². The highest BCUT2D eigenvalue weighted by atomic mass is 35.5. The summed E-state index contributed by atoms with van der Waals surface area (Å²) in [5.41, 5.74) is 0.951. The normalized spacial score (nSPS) is 12.7. The van der Waals surface area contributed by atoms with Crippen LogP contribution < -0.4 is 0 Å². The standard InChI is InChI=1S/C12H12ClFN2O/c1-16-11(5-6-15-16)12(17)7-8-9(13)3-2-4-10(8)14/h2-6,12,17H,7H2,1H3. The molecule has 3 nitrogen and oxygen atoms in total. The number of nitrogens with zero attached hydrogens (tertiary/aromatic N) is 2. The van der Waals surface area contributed by atoms with Crippen molar-refractivity contribution in [2.75, 3.05) is 0 Å². The van der Waals surface area contributed by atoms with Crippen LogP contribution in [0.25, 0.3) is 0 Å². The van der Waals surface area contributed by atoms with Crippen molar-refractivity contribution in [3.8, 4) is 0 Å². The second-order valence-corrected chi connectivity index (χ2v) is 4.21. The topological polar surface area (TPSA) is 38.0 Å². The third-order valence-corrected chi connectivity index (χ3v) is 3.01. The molecule has 2 rings (SSSR count). The molecule has 0 aliphatic carbocycles. The van der Waals surface area contributed by atoms with Gasteiger partial charge in [0.1, 0.15) is 5.82 Å². The molecule has 1 aromatic heterocycles. The Bertz CT molecular complexity index is 507. The first-order chi connectivity index (χ1) is 8.09. The largest absolute Gasteiger partial charge is 0.386 e. The van der Waals surface area contributed by atoms with Crippen molar-refractivity contribution in [1.82, 2.24) is 9.78 Å². The number of aryl methyl sites for hydroxylation is 1. The number of rotatable bonds is 3. The predicted molar refractivity (Wildman–Crippen MR) is 63.3 cm³/mol. The number of aliphatic hydroxyl groups excluding tert-OH is 1. The van der Waals surface area contributed by atoms with Crippen molar-refractivity contribution in [2.24, 2.45) is 7.05 Å². The van der Waals surface area contributed by atoms with Crippen LogP contribution in [0.4, 0.5) is 4.39 Å². The highest BCUT2D eigenvalue weighted by Crippen LogP contribution is 2.25. The number of benzene rings is 1. The molecule has 1 unspecified atom stereocenters. The minimum Gasteiger partial charge on any atom is -0.386 e. The smallest absolute Gasteiger partial charge is 0.127 e. The van der Waals surface area contributed by atoms with Gasteiger partial charge in [-0.25, -0.2) is 4.39 Å². The highest BCUT2D eigenvalue weighted by Gasteiger charge is 2.16. The van der Waals surface area contributed by atoms with Crippen molar-refractivity contribution in [1.29, 1.82) is 0 Å². The Morgan fingerprint density at radius 3 is 2.82 bits per heavy atom. The van der Waals surface area contributed by atoms with Crippen LogP contribution in [-0.2, 0) is 13.5 Å². The zero-order chi connectivity index (χ0) is 12.4. The second-order valence-electron chi connectivity index (χ2n) is 3.80. The molecule has 1 N–H and O–H groups in total. The van der Waals surface area contributed by atoms with Crippen LogP contribution in [0.15, 0.2) is 30.5 Å². The van der Waals surface area contributed by atoms with E-state index >= 15 is 0 Å². The van der Waals surface area contributed by atoms with Crippen LogP contribution in [0.5, 0.6) is 0 Å². The fourth-order valence-electron chi connectivity index (χ4n) is 1.74. The van der Waals surface area contributed by atoms with Crippen LogP contribution in [0.2, 0.25) is 5.02 Å². The van der Waals surface area contributed by atoms with Gasteiger partial charge in [0.2, 0.25) is 0 Å². The first kappa shape index (κ1) is 12.1. The number of hydrogen-bond donors (Lipinski definition) is 1. The van der Waals surface area contributed by atoms with Crippen molar-refractivity contribution in [2.45, 2.75) is 12.5 Å². The highest BCUT2D eigenvalue weighted by molar-refractivity contribution is 6.31. The average molecular weight is 255 g/mol. The van der Waals surface area contributed by atoms with E-state index in [4.69, 9.17) is 11.6 Å². The second kappa shape index (κ2) is 4.85. The number of hydrogen-bond acceptors (Lipinski definition) is 2. The van der Waals surface area contributed by atoms with Gasteiger partial charge in [0.25, 0.3) is 0 Å². The Labute approximate surface area is 103 Å².